The Labute approximate surface area is 112 Å². The first-order valence-electron chi connectivity index (χ1n) is 6.08. The molecule has 0 fully saturated rings. The lowest BCUT2D eigenvalue weighted by Crippen LogP contribution is -2.46. The number of hydrogen-bond donors (Lipinski definition) is 2. The lowest BCUT2D eigenvalue weighted by atomic mass is 9.98. The van der Waals surface area contributed by atoms with E-state index in [1.165, 1.54) is 12.1 Å². The van der Waals surface area contributed by atoms with Crippen molar-refractivity contribution in [2.45, 2.75) is 25.4 Å². The van der Waals surface area contributed by atoms with Gasteiger partial charge in [-0.3, -0.25) is 0 Å². The molecular formula is C14H19FN2O2. The number of methoxy groups -OCH3 is 1. The maximum Gasteiger partial charge on any atom is 0.140 e. The average molecular weight is 266 g/mol. The Morgan fingerprint density at radius 1 is 1.53 bits per heavy atom. The van der Waals surface area contributed by atoms with Crippen LogP contribution in [0.1, 0.15) is 24.5 Å². The van der Waals surface area contributed by atoms with Crippen molar-refractivity contribution < 1.29 is 14.2 Å². The molecule has 0 saturated heterocycles. The van der Waals surface area contributed by atoms with E-state index in [0.29, 0.717) is 19.6 Å². The summed E-state index contributed by atoms with van der Waals surface area (Å²) in [4.78, 5) is 0. The Hall–Kier alpha value is -1.48. The van der Waals surface area contributed by atoms with Crippen molar-refractivity contribution in [3.05, 3.63) is 35.1 Å². The third kappa shape index (κ3) is 4.60. The van der Waals surface area contributed by atoms with Crippen molar-refractivity contribution in [2.75, 3.05) is 20.3 Å². The van der Waals surface area contributed by atoms with Gasteiger partial charge in [-0.1, -0.05) is 6.07 Å². The van der Waals surface area contributed by atoms with Gasteiger partial charge in [-0.2, -0.15) is 5.26 Å². The Balaban J connectivity index is 2.72. The van der Waals surface area contributed by atoms with E-state index in [0.717, 1.165) is 5.56 Å². The Morgan fingerprint density at radius 3 is 2.84 bits per heavy atom. The molecule has 1 aromatic rings. The summed E-state index contributed by atoms with van der Waals surface area (Å²) in [6.45, 7) is 2.94. The van der Waals surface area contributed by atoms with Crippen LogP contribution in [0.15, 0.2) is 18.2 Å². The van der Waals surface area contributed by atoms with Crippen LogP contribution < -0.4 is 5.32 Å². The fourth-order valence-electron chi connectivity index (χ4n) is 1.86. The van der Waals surface area contributed by atoms with E-state index in [-0.39, 0.29) is 17.7 Å². The summed E-state index contributed by atoms with van der Waals surface area (Å²) in [5, 5.41) is 21.1. The van der Waals surface area contributed by atoms with Gasteiger partial charge in [0.1, 0.15) is 11.9 Å². The van der Waals surface area contributed by atoms with Crippen LogP contribution in [0.4, 0.5) is 4.39 Å². The summed E-state index contributed by atoms with van der Waals surface area (Å²) >= 11 is 0. The summed E-state index contributed by atoms with van der Waals surface area (Å²) in [7, 11) is 1.60. The zero-order valence-electron chi connectivity index (χ0n) is 11.2. The lowest BCUT2D eigenvalue weighted by Gasteiger charge is -2.29. The molecule has 0 aromatic heterocycles. The molecule has 0 saturated carbocycles. The molecule has 0 aliphatic heterocycles. The van der Waals surface area contributed by atoms with E-state index >= 15 is 0 Å². The van der Waals surface area contributed by atoms with Crippen LogP contribution in [0.3, 0.4) is 0 Å². The Morgan fingerprint density at radius 2 is 2.26 bits per heavy atom. The molecule has 19 heavy (non-hydrogen) atoms. The SMILES string of the molecule is COCC(C)(CCO)NCc1ccc(F)c(C#N)c1. The number of nitriles is 1. The van der Waals surface area contributed by atoms with Gasteiger partial charge in [-0.05, 0) is 31.0 Å². The second kappa shape index (κ2) is 7.19. The second-order valence-electron chi connectivity index (χ2n) is 4.75. The van der Waals surface area contributed by atoms with Gasteiger partial charge < -0.3 is 15.2 Å². The first-order valence-corrected chi connectivity index (χ1v) is 6.08. The minimum absolute atomic E-state index is 0.0369. The van der Waals surface area contributed by atoms with Crippen LogP contribution in [-0.2, 0) is 11.3 Å². The molecule has 2 N–H and O–H groups in total. The number of halogens is 1. The highest BCUT2D eigenvalue weighted by molar-refractivity contribution is 5.34. The fraction of sp³-hybridized carbons (Fsp3) is 0.500. The van der Waals surface area contributed by atoms with Gasteiger partial charge in [-0.25, -0.2) is 4.39 Å². The van der Waals surface area contributed by atoms with Crippen molar-refractivity contribution in [3.63, 3.8) is 0 Å². The normalized spacial score (nSPS) is 13.8. The summed E-state index contributed by atoms with van der Waals surface area (Å²) in [6, 6.07) is 6.26. The van der Waals surface area contributed by atoms with Crippen molar-refractivity contribution in [2.24, 2.45) is 0 Å². The van der Waals surface area contributed by atoms with Gasteiger partial charge >= 0.3 is 0 Å². The van der Waals surface area contributed by atoms with E-state index in [1.54, 1.807) is 13.2 Å². The van der Waals surface area contributed by atoms with Crippen molar-refractivity contribution in [1.82, 2.24) is 5.32 Å². The van der Waals surface area contributed by atoms with E-state index < -0.39 is 5.82 Å². The topological polar surface area (TPSA) is 65.3 Å². The molecule has 4 nitrogen and oxygen atoms in total. The van der Waals surface area contributed by atoms with Crippen LogP contribution in [0.25, 0.3) is 0 Å². The van der Waals surface area contributed by atoms with E-state index in [4.69, 9.17) is 15.1 Å². The lowest BCUT2D eigenvalue weighted by molar-refractivity contribution is 0.0969. The molecule has 5 heteroatoms. The molecule has 0 radical (unpaired) electrons. The van der Waals surface area contributed by atoms with Crippen LogP contribution >= 0.6 is 0 Å². The van der Waals surface area contributed by atoms with Gasteiger partial charge in [0.25, 0.3) is 0 Å². The highest BCUT2D eigenvalue weighted by Crippen LogP contribution is 2.13. The molecule has 0 aliphatic rings. The fourth-order valence-corrected chi connectivity index (χ4v) is 1.86. The quantitative estimate of drug-likeness (QED) is 0.786. The van der Waals surface area contributed by atoms with Gasteiger partial charge in [0.15, 0.2) is 0 Å². The highest BCUT2D eigenvalue weighted by atomic mass is 19.1. The number of benzene rings is 1. The summed E-state index contributed by atoms with van der Waals surface area (Å²) in [5.41, 5.74) is 0.498. The number of rotatable bonds is 7. The van der Waals surface area contributed by atoms with Gasteiger partial charge in [0.2, 0.25) is 0 Å². The largest absolute Gasteiger partial charge is 0.396 e. The minimum atomic E-state index is -0.513. The number of nitrogens with one attached hydrogen (secondary N) is 1. The molecule has 1 aromatic carbocycles. The standard InChI is InChI=1S/C14H19FN2O2/c1-14(5-6-18,10-19-2)17-9-11-3-4-13(15)12(7-11)8-16/h3-4,7,17-18H,5-6,9-10H2,1-2H3. The maximum atomic E-state index is 13.2. The molecule has 0 bridgehead atoms. The molecule has 0 aliphatic carbocycles. The molecular weight excluding hydrogens is 247 g/mol. The molecule has 0 spiro atoms. The minimum Gasteiger partial charge on any atom is -0.396 e. The van der Waals surface area contributed by atoms with Crippen molar-refractivity contribution >= 4 is 0 Å². The van der Waals surface area contributed by atoms with E-state index in [1.807, 2.05) is 13.0 Å². The molecule has 104 valence electrons. The Bertz CT molecular complexity index is 451. The summed E-state index contributed by atoms with van der Waals surface area (Å²) in [5.74, 6) is -0.513. The molecule has 0 amide bonds. The van der Waals surface area contributed by atoms with Gasteiger partial charge in [0, 0.05) is 25.8 Å². The van der Waals surface area contributed by atoms with E-state index in [2.05, 4.69) is 5.32 Å². The number of ether oxygens (including phenoxy) is 1. The maximum absolute atomic E-state index is 13.2. The van der Waals surface area contributed by atoms with Crippen LogP contribution in [0.5, 0.6) is 0 Å². The van der Waals surface area contributed by atoms with E-state index in [9.17, 15) is 4.39 Å². The summed E-state index contributed by atoms with van der Waals surface area (Å²) in [6.07, 6.45) is 0.549. The number of hydrogen-bond acceptors (Lipinski definition) is 4. The molecule has 1 atom stereocenters. The second-order valence-corrected chi connectivity index (χ2v) is 4.75. The van der Waals surface area contributed by atoms with Crippen molar-refractivity contribution in [3.8, 4) is 6.07 Å². The molecule has 1 unspecified atom stereocenters. The highest BCUT2D eigenvalue weighted by Gasteiger charge is 2.22. The number of nitrogens with zero attached hydrogens (tertiary/aromatic N) is 1. The third-order valence-corrected chi connectivity index (χ3v) is 3.00. The van der Waals surface area contributed by atoms with Crippen LogP contribution in [-0.4, -0.2) is 31.0 Å². The van der Waals surface area contributed by atoms with Gasteiger partial charge in [0.05, 0.1) is 12.2 Å². The first-order chi connectivity index (χ1) is 9.04. The zero-order valence-corrected chi connectivity index (χ0v) is 11.2. The zero-order chi connectivity index (χ0) is 14.3. The smallest absolute Gasteiger partial charge is 0.140 e. The average Bonchev–Trinajstić information content (AvgIpc) is 2.38. The summed E-state index contributed by atoms with van der Waals surface area (Å²) < 4.78 is 18.3. The third-order valence-electron chi connectivity index (χ3n) is 3.00. The van der Waals surface area contributed by atoms with Crippen LogP contribution in [0, 0.1) is 17.1 Å². The first kappa shape index (κ1) is 15.6. The predicted molar refractivity (Wildman–Crippen MR) is 69.9 cm³/mol. The molecule has 1 rings (SSSR count). The number of aliphatic hydroxyl groups is 1. The Kier molecular flexibility index (Phi) is 5.90. The van der Waals surface area contributed by atoms with Crippen molar-refractivity contribution in [1.29, 1.82) is 5.26 Å². The van der Waals surface area contributed by atoms with Crippen LogP contribution in [0.2, 0.25) is 0 Å². The predicted octanol–water partition coefficient (Wildman–Crippen LogP) is 1.57. The molecule has 0 heterocycles. The monoisotopic (exact) mass is 266 g/mol. The number of aliphatic hydroxyl groups excluding tert-OH is 1. The van der Waals surface area contributed by atoms with Gasteiger partial charge in [-0.15, -0.1) is 0 Å².